The summed E-state index contributed by atoms with van der Waals surface area (Å²) in [5, 5.41) is 16.1. The third kappa shape index (κ3) is 6.41. The molecule has 1 fully saturated rings. The first-order valence-corrected chi connectivity index (χ1v) is 12.8. The number of tetrazole rings is 1. The van der Waals surface area contributed by atoms with Crippen molar-refractivity contribution in [1.82, 2.24) is 35.7 Å². The van der Waals surface area contributed by atoms with E-state index in [0.717, 1.165) is 5.56 Å². The van der Waals surface area contributed by atoms with Crippen LogP contribution in [0.5, 0.6) is 5.75 Å². The Hall–Kier alpha value is -4.00. The molecule has 10 nitrogen and oxygen atoms in total. The van der Waals surface area contributed by atoms with Crippen molar-refractivity contribution in [3.8, 4) is 11.4 Å². The van der Waals surface area contributed by atoms with Gasteiger partial charge in [-0.3, -0.25) is 9.59 Å². The number of hydrogen-bond donors (Lipinski definition) is 2. The molecule has 214 valence electrons. The summed E-state index contributed by atoms with van der Waals surface area (Å²) < 4.78 is 46.3. The second-order valence-electron chi connectivity index (χ2n) is 10.3. The summed E-state index contributed by atoms with van der Waals surface area (Å²) in [5.41, 5.74) is 0.766. The number of carbonyl (C=O) groups is 2. The third-order valence-corrected chi connectivity index (χ3v) is 6.94. The van der Waals surface area contributed by atoms with E-state index >= 15 is 0 Å². The van der Waals surface area contributed by atoms with Crippen LogP contribution in [0.15, 0.2) is 48.5 Å². The zero-order valence-corrected chi connectivity index (χ0v) is 22.7. The minimum Gasteiger partial charge on any atom is -0.496 e. The first-order valence-electron chi connectivity index (χ1n) is 12.8. The average Bonchev–Trinajstić information content (AvgIpc) is 3.42. The minimum absolute atomic E-state index is 0.0533. The molecule has 1 aliphatic heterocycles. The summed E-state index contributed by atoms with van der Waals surface area (Å²) in [6.07, 6.45) is -4.10. The van der Waals surface area contributed by atoms with Gasteiger partial charge in [0.05, 0.1) is 12.8 Å². The standard InChI is InChI=1S/C27H32F3N7O3/c1-17(38)32-26(2,3)25(39)36-13-12-22(21(16-36)18-8-6-5-7-9-18)31-15-19-14-20(10-11-23(19)40-4)37-24(27(28,29)30)33-34-35-37/h5-11,14,21-22,31H,12-13,15-16H2,1-4H3,(H,32,38)/t21-,22-/m0/s1. The largest absolute Gasteiger partial charge is 0.496 e. The smallest absolute Gasteiger partial charge is 0.453 e. The molecule has 1 aromatic heterocycles. The number of alkyl halides is 3. The van der Waals surface area contributed by atoms with Crippen LogP contribution < -0.4 is 15.4 Å². The predicted molar refractivity (Wildman–Crippen MR) is 140 cm³/mol. The lowest BCUT2D eigenvalue weighted by molar-refractivity contribution is -0.146. The molecule has 4 rings (SSSR count). The zero-order chi connectivity index (χ0) is 29.1. The number of hydrogen-bond acceptors (Lipinski definition) is 7. The summed E-state index contributed by atoms with van der Waals surface area (Å²) in [6, 6.07) is 14.3. The molecule has 2 amide bonds. The SMILES string of the molecule is COc1ccc(-n2nnnc2C(F)(F)F)cc1CN[C@H]1CCN(C(=O)C(C)(C)NC(C)=O)C[C@H]1c1ccccc1. The molecule has 1 aliphatic rings. The van der Waals surface area contributed by atoms with Crippen LogP contribution in [0.1, 0.15) is 50.1 Å². The molecule has 2 aromatic carbocycles. The van der Waals surface area contributed by atoms with Crippen molar-refractivity contribution in [3.05, 3.63) is 65.5 Å². The fraction of sp³-hybridized carbons (Fsp3) is 0.444. The lowest BCUT2D eigenvalue weighted by atomic mass is 9.85. The van der Waals surface area contributed by atoms with Gasteiger partial charge in [0.2, 0.25) is 11.8 Å². The van der Waals surface area contributed by atoms with Gasteiger partial charge in [-0.05, 0) is 54.5 Å². The van der Waals surface area contributed by atoms with Gasteiger partial charge in [0.25, 0.3) is 5.82 Å². The van der Waals surface area contributed by atoms with E-state index in [1.807, 2.05) is 30.3 Å². The summed E-state index contributed by atoms with van der Waals surface area (Å²) in [6.45, 7) is 5.95. The van der Waals surface area contributed by atoms with Crippen LogP contribution in [-0.4, -0.2) is 68.7 Å². The summed E-state index contributed by atoms with van der Waals surface area (Å²) >= 11 is 0. The van der Waals surface area contributed by atoms with E-state index in [1.165, 1.54) is 20.1 Å². The van der Waals surface area contributed by atoms with Gasteiger partial charge in [0.15, 0.2) is 0 Å². The molecule has 13 heteroatoms. The molecular weight excluding hydrogens is 527 g/mol. The van der Waals surface area contributed by atoms with Crippen molar-refractivity contribution in [2.75, 3.05) is 20.2 Å². The van der Waals surface area contributed by atoms with Crippen molar-refractivity contribution < 1.29 is 27.5 Å². The summed E-state index contributed by atoms with van der Waals surface area (Å²) in [7, 11) is 1.49. The number of nitrogens with one attached hydrogen (secondary N) is 2. The first-order chi connectivity index (χ1) is 18.9. The van der Waals surface area contributed by atoms with Crippen LogP contribution in [0, 0.1) is 0 Å². The molecule has 3 aromatic rings. The maximum atomic E-state index is 13.4. The fourth-order valence-electron chi connectivity index (χ4n) is 5.12. The lowest BCUT2D eigenvalue weighted by Crippen LogP contribution is -2.59. The Kier molecular flexibility index (Phi) is 8.43. The summed E-state index contributed by atoms with van der Waals surface area (Å²) in [4.78, 5) is 26.7. The van der Waals surface area contributed by atoms with E-state index in [-0.39, 0.29) is 29.5 Å². The molecule has 2 N–H and O–H groups in total. The van der Waals surface area contributed by atoms with Gasteiger partial charge in [-0.2, -0.15) is 17.9 Å². The summed E-state index contributed by atoms with van der Waals surface area (Å²) in [5.74, 6) is -1.25. The number of likely N-dealkylation sites (tertiary alicyclic amines) is 1. The maximum Gasteiger partial charge on any atom is 0.453 e. The Morgan fingerprint density at radius 3 is 2.50 bits per heavy atom. The number of amides is 2. The Labute approximate surface area is 229 Å². The zero-order valence-electron chi connectivity index (χ0n) is 22.7. The molecule has 2 atom stereocenters. The van der Waals surface area contributed by atoms with Gasteiger partial charge >= 0.3 is 6.18 Å². The minimum atomic E-state index is -4.72. The first kappa shape index (κ1) is 29.0. The van der Waals surface area contributed by atoms with E-state index in [9.17, 15) is 22.8 Å². The van der Waals surface area contributed by atoms with Gasteiger partial charge < -0.3 is 20.3 Å². The van der Waals surface area contributed by atoms with E-state index in [2.05, 4.69) is 26.2 Å². The Bertz CT molecular complexity index is 1340. The number of piperidine rings is 1. The average molecular weight is 560 g/mol. The Balaban J connectivity index is 1.57. The highest BCUT2D eigenvalue weighted by Gasteiger charge is 2.40. The number of carbonyl (C=O) groups excluding carboxylic acids is 2. The molecule has 0 radical (unpaired) electrons. The van der Waals surface area contributed by atoms with Gasteiger partial charge in [0.1, 0.15) is 11.3 Å². The molecular formula is C27H32F3N7O3. The van der Waals surface area contributed by atoms with Crippen molar-refractivity contribution in [2.24, 2.45) is 0 Å². The molecule has 40 heavy (non-hydrogen) atoms. The van der Waals surface area contributed by atoms with Crippen LogP contribution in [0.25, 0.3) is 5.69 Å². The second-order valence-corrected chi connectivity index (χ2v) is 10.3. The van der Waals surface area contributed by atoms with Crippen LogP contribution in [0.2, 0.25) is 0 Å². The molecule has 0 unspecified atom stereocenters. The molecule has 2 heterocycles. The van der Waals surface area contributed by atoms with Crippen molar-refractivity contribution in [2.45, 2.75) is 57.4 Å². The van der Waals surface area contributed by atoms with Crippen LogP contribution in [0.3, 0.4) is 0 Å². The number of rotatable bonds is 8. The predicted octanol–water partition coefficient (Wildman–Crippen LogP) is 3.08. The topological polar surface area (TPSA) is 114 Å². The number of aromatic nitrogens is 4. The maximum absolute atomic E-state index is 13.4. The quantitative estimate of drug-likeness (QED) is 0.436. The normalized spacial score (nSPS) is 17.9. The number of methoxy groups -OCH3 is 1. The number of ether oxygens (including phenoxy) is 1. The molecule has 0 spiro atoms. The van der Waals surface area contributed by atoms with Crippen molar-refractivity contribution in [1.29, 1.82) is 0 Å². The van der Waals surface area contributed by atoms with E-state index in [1.54, 1.807) is 30.9 Å². The Morgan fingerprint density at radius 2 is 1.85 bits per heavy atom. The van der Waals surface area contributed by atoms with Gasteiger partial charge in [-0.25, -0.2) is 0 Å². The van der Waals surface area contributed by atoms with E-state index < -0.39 is 17.5 Å². The molecule has 0 aliphatic carbocycles. The van der Waals surface area contributed by atoms with Crippen LogP contribution in [0.4, 0.5) is 13.2 Å². The molecule has 0 bridgehead atoms. The Morgan fingerprint density at radius 1 is 1.12 bits per heavy atom. The number of halogens is 3. The van der Waals surface area contributed by atoms with E-state index in [4.69, 9.17) is 4.74 Å². The highest BCUT2D eigenvalue weighted by Crippen LogP contribution is 2.32. The van der Waals surface area contributed by atoms with Gasteiger partial charge in [-0.1, -0.05) is 30.3 Å². The van der Waals surface area contributed by atoms with Crippen LogP contribution in [-0.2, 0) is 22.3 Å². The lowest BCUT2D eigenvalue weighted by Gasteiger charge is -2.42. The van der Waals surface area contributed by atoms with E-state index in [0.29, 0.717) is 42.0 Å². The molecule has 0 saturated carbocycles. The molecule has 1 saturated heterocycles. The van der Waals surface area contributed by atoms with Gasteiger partial charge in [0, 0.05) is 44.1 Å². The highest BCUT2D eigenvalue weighted by atomic mass is 19.4. The monoisotopic (exact) mass is 559 g/mol. The number of nitrogens with zero attached hydrogens (tertiary/aromatic N) is 5. The van der Waals surface area contributed by atoms with Gasteiger partial charge in [-0.15, -0.1) is 5.10 Å². The van der Waals surface area contributed by atoms with Crippen molar-refractivity contribution in [3.63, 3.8) is 0 Å². The highest BCUT2D eigenvalue weighted by molar-refractivity contribution is 5.90. The number of benzene rings is 2. The fourth-order valence-corrected chi connectivity index (χ4v) is 5.12. The second kappa shape index (κ2) is 11.6. The third-order valence-electron chi connectivity index (χ3n) is 6.94. The van der Waals surface area contributed by atoms with Crippen molar-refractivity contribution >= 4 is 11.8 Å². The van der Waals surface area contributed by atoms with Crippen LogP contribution >= 0.6 is 0 Å².